The van der Waals surface area contributed by atoms with Gasteiger partial charge in [-0.15, -0.1) is 0 Å². The zero-order valence-electron chi connectivity index (χ0n) is 19.2. The largest absolute Gasteiger partial charge is 0.369 e. The van der Waals surface area contributed by atoms with Crippen LogP contribution in [0.25, 0.3) is 6.08 Å². The van der Waals surface area contributed by atoms with E-state index in [1.165, 1.54) is 5.69 Å². The van der Waals surface area contributed by atoms with Crippen LogP contribution in [0.1, 0.15) is 24.5 Å². The van der Waals surface area contributed by atoms with Crippen LogP contribution in [0.5, 0.6) is 0 Å². The molecule has 2 atom stereocenters. The van der Waals surface area contributed by atoms with Crippen LogP contribution in [0.15, 0.2) is 35.6 Å². The summed E-state index contributed by atoms with van der Waals surface area (Å²) in [7, 11) is 0. The number of rotatable bonds is 5. The molecule has 1 aromatic heterocycles. The predicted octanol–water partition coefficient (Wildman–Crippen LogP) is 0.457. The van der Waals surface area contributed by atoms with Gasteiger partial charge in [-0.3, -0.25) is 10.4 Å². The Labute approximate surface area is 194 Å². The normalized spacial score (nSPS) is 22.5. The van der Waals surface area contributed by atoms with Crippen LogP contribution in [0.2, 0.25) is 0 Å². The van der Waals surface area contributed by atoms with Gasteiger partial charge >= 0.3 is 0 Å². The highest BCUT2D eigenvalue weighted by molar-refractivity contribution is 5.70. The molecule has 8 heteroatoms. The highest BCUT2D eigenvalue weighted by atomic mass is 15.3. The van der Waals surface area contributed by atoms with Crippen molar-refractivity contribution < 1.29 is 0 Å². The SMILES string of the molecule is C[C@H]1C[C@@H](NCc2cnc(N3CCNCC3)nc2)CN(c2ccc(=C=N)c3c2C=CCN=3)C1. The lowest BCUT2D eigenvalue weighted by molar-refractivity contribution is 0.349. The van der Waals surface area contributed by atoms with Gasteiger partial charge in [-0.05, 0) is 30.3 Å². The van der Waals surface area contributed by atoms with Crippen LogP contribution in [0.4, 0.5) is 11.6 Å². The number of benzene rings is 1. The Hall–Kier alpha value is -3.06. The van der Waals surface area contributed by atoms with Crippen molar-refractivity contribution in [2.75, 3.05) is 55.6 Å². The topological polar surface area (TPSA) is 92.5 Å². The molecule has 8 nitrogen and oxygen atoms in total. The molecule has 3 aliphatic heterocycles. The maximum Gasteiger partial charge on any atom is 0.225 e. The monoisotopic (exact) mass is 444 g/mol. The highest BCUT2D eigenvalue weighted by Crippen LogP contribution is 2.26. The number of hydrogen-bond acceptors (Lipinski definition) is 8. The summed E-state index contributed by atoms with van der Waals surface area (Å²) in [5.74, 6) is 3.95. The predicted molar refractivity (Wildman–Crippen MR) is 132 cm³/mol. The summed E-state index contributed by atoms with van der Waals surface area (Å²) >= 11 is 0. The van der Waals surface area contributed by atoms with E-state index in [9.17, 15) is 0 Å². The zero-order chi connectivity index (χ0) is 22.6. The fourth-order valence-electron chi connectivity index (χ4n) is 5.05. The lowest BCUT2D eigenvalue weighted by atomic mass is 9.94. The molecule has 0 unspecified atom stereocenters. The number of piperazine rings is 1. The van der Waals surface area contributed by atoms with Crippen LogP contribution < -0.4 is 31.0 Å². The number of nitrogens with zero attached hydrogens (tertiary/aromatic N) is 5. The first-order valence-electron chi connectivity index (χ1n) is 11.9. The molecule has 0 amide bonds. The van der Waals surface area contributed by atoms with Crippen molar-refractivity contribution in [1.82, 2.24) is 20.6 Å². The molecule has 3 aliphatic rings. The van der Waals surface area contributed by atoms with Crippen molar-refractivity contribution in [1.29, 1.82) is 5.41 Å². The van der Waals surface area contributed by atoms with Gasteiger partial charge < -0.3 is 20.4 Å². The maximum atomic E-state index is 7.60. The van der Waals surface area contributed by atoms with E-state index in [2.05, 4.69) is 66.4 Å². The van der Waals surface area contributed by atoms with Gasteiger partial charge in [0.15, 0.2) is 0 Å². The van der Waals surface area contributed by atoms with Crippen molar-refractivity contribution in [3.63, 3.8) is 0 Å². The van der Waals surface area contributed by atoms with E-state index in [1.54, 1.807) is 0 Å². The second kappa shape index (κ2) is 9.83. The second-order valence-electron chi connectivity index (χ2n) is 9.21. The fraction of sp³-hybridized carbons (Fsp3) is 0.480. The highest BCUT2D eigenvalue weighted by Gasteiger charge is 2.26. The molecular weight excluding hydrogens is 412 g/mol. The molecule has 2 fully saturated rings. The van der Waals surface area contributed by atoms with Crippen LogP contribution in [0.3, 0.4) is 0 Å². The molecule has 33 heavy (non-hydrogen) atoms. The average Bonchev–Trinajstić information content (AvgIpc) is 2.87. The Balaban J connectivity index is 1.27. The van der Waals surface area contributed by atoms with Gasteiger partial charge in [-0.1, -0.05) is 19.1 Å². The smallest absolute Gasteiger partial charge is 0.225 e. The van der Waals surface area contributed by atoms with E-state index in [0.717, 1.165) is 79.9 Å². The van der Waals surface area contributed by atoms with Crippen LogP contribution >= 0.6 is 0 Å². The number of aromatic nitrogens is 2. The molecule has 1 aromatic carbocycles. The van der Waals surface area contributed by atoms with Crippen LogP contribution in [-0.2, 0) is 6.54 Å². The van der Waals surface area contributed by atoms with E-state index < -0.39 is 0 Å². The molecule has 4 heterocycles. The van der Waals surface area contributed by atoms with Crippen LogP contribution in [0, 0.1) is 11.3 Å². The minimum absolute atomic E-state index is 0.385. The molecule has 0 aliphatic carbocycles. The average molecular weight is 445 g/mol. The molecule has 0 saturated carbocycles. The summed E-state index contributed by atoms with van der Waals surface area (Å²) < 4.78 is 0. The molecule has 0 spiro atoms. The van der Waals surface area contributed by atoms with Gasteiger partial charge in [0.05, 0.1) is 17.1 Å². The number of hydrogen-bond donors (Lipinski definition) is 3. The number of nitrogens with one attached hydrogen (secondary N) is 3. The van der Waals surface area contributed by atoms with Crippen molar-refractivity contribution in [3.8, 4) is 0 Å². The van der Waals surface area contributed by atoms with Gasteiger partial charge in [0, 0.05) is 81.1 Å². The van der Waals surface area contributed by atoms with Gasteiger partial charge in [-0.25, -0.2) is 9.97 Å². The summed E-state index contributed by atoms with van der Waals surface area (Å²) in [4.78, 5) is 18.6. The van der Waals surface area contributed by atoms with E-state index >= 15 is 0 Å². The summed E-state index contributed by atoms with van der Waals surface area (Å²) in [6, 6.07) is 4.48. The van der Waals surface area contributed by atoms with Gasteiger partial charge in [0.2, 0.25) is 5.95 Å². The molecular formula is C25H32N8. The molecule has 3 N–H and O–H groups in total. The number of piperidine rings is 1. The first-order valence-corrected chi connectivity index (χ1v) is 11.9. The van der Waals surface area contributed by atoms with Gasteiger partial charge in [0.1, 0.15) is 0 Å². The van der Waals surface area contributed by atoms with E-state index in [4.69, 9.17) is 5.41 Å². The number of anilines is 2. The molecule has 0 radical (unpaired) electrons. The Morgan fingerprint density at radius 3 is 2.76 bits per heavy atom. The Bertz CT molecular complexity index is 1150. The van der Waals surface area contributed by atoms with Crippen molar-refractivity contribution in [2.24, 2.45) is 10.9 Å². The zero-order valence-corrected chi connectivity index (χ0v) is 19.2. The van der Waals surface area contributed by atoms with Gasteiger partial charge in [-0.2, -0.15) is 0 Å². The molecule has 172 valence electrons. The number of fused-ring (bicyclic) bond motifs is 1. The summed E-state index contributed by atoms with van der Waals surface area (Å²) in [6.07, 6.45) is 9.29. The standard InChI is InChI=1S/C25H32N8/c1-18-11-21(29-13-19-14-30-25(31-15-19)32-9-7-27-8-10-32)17-33(16-18)23-5-4-20(12-26)24-22(23)3-2-6-28-24/h2-5,14-15,18,21,26-27,29H,6-11,13,16-17H2,1H3/t18-,21+/m0/s1. The lowest BCUT2D eigenvalue weighted by Crippen LogP contribution is -2.49. The Morgan fingerprint density at radius 2 is 1.97 bits per heavy atom. The Kier molecular flexibility index (Phi) is 6.48. The molecule has 2 aromatic rings. The van der Waals surface area contributed by atoms with Crippen molar-refractivity contribution in [2.45, 2.75) is 25.9 Å². The fourth-order valence-corrected chi connectivity index (χ4v) is 5.05. The maximum absolute atomic E-state index is 7.60. The summed E-state index contributed by atoms with van der Waals surface area (Å²) in [5.41, 5.74) is 3.43. The van der Waals surface area contributed by atoms with Crippen molar-refractivity contribution in [3.05, 3.63) is 52.3 Å². The summed E-state index contributed by atoms with van der Waals surface area (Å²) in [5, 5.41) is 16.4. The minimum atomic E-state index is 0.385. The molecule has 0 bridgehead atoms. The quantitative estimate of drug-likeness (QED) is 0.581. The lowest BCUT2D eigenvalue weighted by Gasteiger charge is -2.39. The molecule has 5 rings (SSSR count). The van der Waals surface area contributed by atoms with E-state index in [-0.39, 0.29) is 0 Å². The van der Waals surface area contributed by atoms with Crippen LogP contribution in [-0.4, -0.2) is 67.7 Å². The third-order valence-electron chi connectivity index (χ3n) is 6.65. The molecule has 2 saturated heterocycles. The van der Waals surface area contributed by atoms with Gasteiger partial charge in [0.25, 0.3) is 0 Å². The second-order valence-corrected chi connectivity index (χ2v) is 9.21. The van der Waals surface area contributed by atoms with E-state index in [0.29, 0.717) is 18.5 Å². The van der Waals surface area contributed by atoms with Crippen molar-refractivity contribution >= 4 is 23.6 Å². The first kappa shape index (κ1) is 21.8. The third-order valence-corrected chi connectivity index (χ3v) is 6.65. The minimum Gasteiger partial charge on any atom is -0.369 e. The first-order chi connectivity index (χ1) is 16.2. The third kappa shape index (κ3) is 4.83. The van der Waals surface area contributed by atoms with E-state index in [1.807, 2.05) is 18.5 Å². The summed E-state index contributed by atoms with van der Waals surface area (Å²) in [6.45, 7) is 9.60. The Morgan fingerprint density at radius 1 is 1.15 bits per heavy atom.